The second-order valence-corrected chi connectivity index (χ2v) is 3.62. The summed E-state index contributed by atoms with van der Waals surface area (Å²) < 4.78 is 4.96. The molecule has 0 atom stereocenters. The molecule has 1 rings (SSSR count). The number of nitrogens with zero attached hydrogens (tertiary/aromatic N) is 2. The fourth-order valence-electron chi connectivity index (χ4n) is 1.41. The molecule has 0 aromatic carbocycles. The summed E-state index contributed by atoms with van der Waals surface area (Å²) in [7, 11) is 1.70. The average molecular weight is 219 g/mol. The SMILES string of the molecule is COCCCCNc1cc(C#N)cc(C)n1. The Kier molecular flexibility index (Phi) is 5.30. The number of nitrogens with one attached hydrogen (secondary N) is 1. The first kappa shape index (κ1) is 12.5. The average Bonchev–Trinajstić information content (AvgIpc) is 2.28. The molecular weight excluding hydrogens is 202 g/mol. The molecule has 1 heterocycles. The van der Waals surface area contributed by atoms with Crippen molar-refractivity contribution in [3.63, 3.8) is 0 Å². The number of hydrogen-bond donors (Lipinski definition) is 1. The van der Waals surface area contributed by atoms with Crippen molar-refractivity contribution in [3.05, 3.63) is 23.4 Å². The van der Waals surface area contributed by atoms with Gasteiger partial charge in [-0.15, -0.1) is 0 Å². The minimum atomic E-state index is 0.645. The van der Waals surface area contributed by atoms with Gasteiger partial charge in [-0.3, -0.25) is 0 Å². The van der Waals surface area contributed by atoms with Crippen LogP contribution in [0.3, 0.4) is 0 Å². The highest BCUT2D eigenvalue weighted by Crippen LogP contribution is 2.09. The van der Waals surface area contributed by atoms with Crippen molar-refractivity contribution in [1.82, 2.24) is 4.98 Å². The number of rotatable bonds is 6. The second kappa shape index (κ2) is 6.81. The van der Waals surface area contributed by atoms with E-state index >= 15 is 0 Å². The molecule has 0 spiro atoms. The van der Waals surface area contributed by atoms with Gasteiger partial charge in [0.2, 0.25) is 0 Å². The molecular formula is C12H17N3O. The van der Waals surface area contributed by atoms with Crippen LogP contribution < -0.4 is 5.32 Å². The summed E-state index contributed by atoms with van der Waals surface area (Å²) in [5.41, 5.74) is 1.50. The molecule has 86 valence electrons. The first-order valence-electron chi connectivity index (χ1n) is 5.38. The van der Waals surface area contributed by atoms with E-state index in [2.05, 4.69) is 16.4 Å². The number of anilines is 1. The molecule has 1 aromatic heterocycles. The van der Waals surface area contributed by atoms with E-state index in [1.165, 1.54) is 0 Å². The molecule has 0 saturated carbocycles. The van der Waals surface area contributed by atoms with E-state index in [0.717, 1.165) is 37.5 Å². The highest BCUT2D eigenvalue weighted by atomic mass is 16.5. The zero-order valence-electron chi connectivity index (χ0n) is 9.79. The maximum Gasteiger partial charge on any atom is 0.127 e. The number of nitriles is 1. The van der Waals surface area contributed by atoms with Crippen LogP contribution in [0.25, 0.3) is 0 Å². The van der Waals surface area contributed by atoms with Crippen LogP contribution in [0.5, 0.6) is 0 Å². The first-order chi connectivity index (χ1) is 7.76. The predicted octanol–water partition coefficient (Wildman–Crippen LogP) is 2.10. The third kappa shape index (κ3) is 4.28. The van der Waals surface area contributed by atoms with Crippen molar-refractivity contribution < 1.29 is 4.74 Å². The van der Waals surface area contributed by atoms with E-state index in [1.54, 1.807) is 19.2 Å². The molecule has 0 aliphatic heterocycles. The lowest BCUT2D eigenvalue weighted by Crippen LogP contribution is -2.05. The number of pyridine rings is 1. The summed E-state index contributed by atoms with van der Waals surface area (Å²) in [4.78, 5) is 4.31. The third-order valence-electron chi connectivity index (χ3n) is 2.16. The minimum absolute atomic E-state index is 0.645. The molecule has 0 aliphatic carbocycles. The molecule has 1 N–H and O–H groups in total. The Morgan fingerprint density at radius 1 is 1.44 bits per heavy atom. The van der Waals surface area contributed by atoms with Crippen LogP contribution in [0.15, 0.2) is 12.1 Å². The lowest BCUT2D eigenvalue weighted by Gasteiger charge is -2.06. The van der Waals surface area contributed by atoms with Gasteiger partial charge in [-0.2, -0.15) is 5.26 Å². The minimum Gasteiger partial charge on any atom is -0.385 e. The summed E-state index contributed by atoms with van der Waals surface area (Å²) in [6.07, 6.45) is 2.06. The smallest absolute Gasteiger partial charge is 0.127 e. The molecule has 4 heteroatoms. The van der Waals surface area contributed by atoms with Crippen molar-refractivity contribution in [1.29, 1.82) is 5.26 Å². The van der Waals surface area contributed by atoms with Gasteiger partial charge in [-0.1, -0.05) is 0 Å². The van der Waals surface area contributed by atoms with E-state index < -0.39 is 0 Å². The maximum atomic E-state index is 8.81. The van der Waals surface area contributed by atoms with Gasteiger partial charge >= 0.3 is 0 Å². The molecule has 0 unspecified atom stereocenters. The topological polar surface area (TPSA) is 57.9 Å². The zero-order valence-corrected chi connectivity index (χ0v) is 9.79. The van der Waals surface area contributed by atoms with Crippen molar-refractivity contribution in [2.45, 2.75) is 19.8 Å². The summed E-state index contributed by atoms with van der Waals surface area (Å²) >= 11 is 0. The van der Waals surface area contributed by atoms with Gasteiger partial charge in [0.15, 0.2) is 0 Å². The first-order valence-corrected chi connectivity index (χ1v) is 5.38. The van der Waals surface area contributed by atoms with Gasteiger partial charge in [0, 0.05) is 26.0 Å². The van der Waals surface area contributed by atoms with E-state index in [9.17, 15) is 0 Å². The fourth-order valence-corrected chi connectivity index (χ4v) is 1.41. The van der Waals surface area contributed by atoms with Crippen LogP contribution >= 0.6 is 0 Å². The van der Waals surface area contributed by atoms with E-state index in [0.29, 0.717) is 5.56 Å². The van der Waals surface area contributed by atoms with Gasteiger partial charge < -0.3 is 10.1 Å². The quantitative estimate of drug-likeness (QED) is 0.744. The molecule has 0 fully saturated rings. The largest absolute Gasteiger partial charge is 0.385 e. The molecule has 1 aromatic rings. The number of aromatic nitrogens is 1. The Hall–Kier alpha value is -1.60. The number of methoxy groups -OCH3 is 1. The number of ether oxygens (including phenoxy) is 1. The predicted molar refractivity (Wildman–Crippen MR) is 63.3 cm³/mol. The molecule has 4 nitrogen and oxygen atoms in total. The van der Waals surface area contributed by atoms with E-state index in [-0.39, 0.29) is 0 Å². The van der Waals surface area contributed by atoms with Crippen molar-refractivity contribution >= 4 is 5.82 Å². The fraction of sp³-hybridized carbons (Fsp3) is 0.500. The van der Waals surface area contributed by atoms with Crippen LogP contribution in [0.1, 0.15) is 24.1 Å². The molecule has 0 saturated heterocycles. The van der Waals surface area contributed by atoms with Crippen molar-refractivity contribution in [2.75, 3.05) is 25.6 Å². The van der Waals surface area contributed by atoms with Crippen LogP contribution in [0.4, 0.5) is 5.82 Å². The van der Waals surface area contributed by atoms with Gasteiger partial charge in [-0.05, 0) is 31.9 Å². The number of unbranched alkanes of at least 4 members (excludes halogenated alkanes) is 1. The molecule has 0 bridgehead atoms. The second-order valence-electron chi connectivity index (χ2n) is 3.62. The molecule has 0 radical (unpaired) electrons. The van der Waals surface area contributed by atoms with Crippen LogP contribution in [-0.4, -0.2) is 25.2 Å². The van der Waals surface area contributed by atoms with E-state index in [1.807, 2.05) is 6.92 Å². The summed E-state index contributed by atoms with van der Waals surface area (Å²) in [6, 6.07) is 5.66. The van der Waals surface area contributed by atoms with Crippen LogP contribution in [-0.2, 0) is 4.74 Å². The standard InChI is InChI=1S/C12H17N3O/c1-10-7-11(9-13)8-12(15-10)14-5-3-4-6-16-2/h7-8H,3-6H2,1-2H3,(H,14,15). The Balaban J connectivity index is 2.42. The van der Waals surface area contributed by atoms with Crippen molar-refractivity contribution in [3.8, 4) is 6.07 Å². The van der Waals surface area contributed by atoms with Gasteiger partial charge in [0.05, 0.1) is 11.6 Å². The van der Waals surface area contributed by atoms with Crippen LogP contribution in [0, 0.1) is 18.3 Å². The molecule has 16 heavy (non-hydrogen) atoms. The number of hydrogen-bond acceptors (Lipinski definition) is 4. The van der Waals surface area contributed by atoms with E-state index in [4.69, 9.17) is 10.00 Å². The Morgan fingerprint density at radius 3 is 2.94 bits per heavy atom. The number of aryl methyl sites for hydroxylation is 1. The third-order valence-corrected chi connectivity index (χ3v) is 2.16. The molecule has 0 amide bonds. The maximum absolute atomic E-state index is 8.81. The zero-order chi connectivity index (χ0) is 11.8. The summed E-state index contributed by atoms with van der Waals surface area (Å²) in [6.45, 7) is 3.52. The Morgan fingerprint density at radius 2 is 2.25 bits per heavy atom. The lowest BCUT2D eigenvalue weighted by atomic mass is 10.2. The monoisotopic (exact) mass is 219 g/mol. The van der Waals surface area contributed by atoms with Gasteiger partial charge in [-0.25, -0.2) is 4.98 Å². The summed E-state index contributed by atoms with van der Waals surface area (Å²) in [5, 5.41) is 12.0. The highest BCUT2D eigenvalue weighted by Gasteiger charge is 1.98. The normalized spacial score (nSPS) is 9.81. The van der Waals surface area contributed by atoms with Gasteiger partial charge in [0.1, 0.15) is 5.82 Å². The van der Waals surface area contributed by atoms with Gasteiger partial charge in [0.25, 0.3) is 0 Å². The van der Waals surface area contributed by atoms with Crippen LogP contribution in [0.2, 0.25) is 0 Å². The molecule has 0 aliphatic rings. The lowest BCUT2D eigenvalue weighted by molar-refractivity contribution is 0.194. The Bertz CT molecular complexity index is 371. The Labute approximate surface area is 96.3 Å². The van der Waals surface area contributed by atoms with Crippen molar-refractivity contribution in [2.24, 2.45) is 0 Å². The highest BCUT2D eigenvalue weighted by molar-refractivity contribution is 5.44. The summed E-state index contributed by atoms with van der Waals surface area (Å²) in [5.74, 6) is 0.772.